The zero-order valence-electron chi connectivity index (χ0n) is 17.1. The first-order valence-electron chi connectivity index (χ1n) is 9.70. The van der Waals surface area contributed by atoms with Crippen molar-refractivity contribution in [2.75, 3.05) is 14.2 Å². The monoisotopic (exact) mass is 426 g/mol. The number of imidazole rings is 1. The number of nitrogens with zero attached hydrogens (tertiary/aromatic N) is 2. The molecule has 0 aliphatic carbocycles. The van der Waals surface area contributed by atoms with Gasteiger partial charge in [-0.05, 0) is 41.5 Å². The first-order chi connectivity index (χ1) is 14.9. The average Bonchev–Trinajstić information content (AvgIpc) is 3.10. The van der Waals surface area contributed by atoms with Gasteiger partial charge in [0.15, 0.2) is 11.5 Å². The minimum absolute atomic E-state index is 0.321. The van der Waals surface area contributed by atoms with Crippen molar-refractivity contribution in [2.24, 2.45) is 0 Å². The van der Waals surface area contributed by atoms with E-state index in [0.717, 1.165) is 23.3 Å². The molecule has 0 atom stereocenters. The van der Waals surface area contributed by atoms with Crippen LogP contribution in [0.1, 0.15) is 22.5 Å². The Balaban J connectivity index is 1.79. The Kier molecular flexibility index (Phi) is 5.59. The summed E-state index contributed by atoms with van der Waals surface area (Å²) in [5.41, 5.74) is 2.23. The molecule has 0 bridgehead atoms. The molecule has 0 saturated carbocycles. The van der Waals surface area contributed by atoms with E-state index < -0.39 is 11.7 Å². The van der Waals surface area contributed by atoms with E-state index in [-0.39, 0.29) is 0 Å². The van der Waals surface area contributed by atoms with Gasteiger partial charge in [0.2, 0.25) is 0 Å². The topological polar surface area (TPSA) is 36.3 Å². The Hall–Kier alpha value is -3.48. The molecule has 3 aromatic carbocycles. The molecule has 0 radical (unpaired) electrons. The van der Waals surface area contributed by atoms with Crippen LogP contribution >= 0.6 is 0 Å². The van der Waals surface area contributed by atoms with Crippen LogP contribution in [0.15, 0.2) is 66.7 Å². The van der Waals surface area contributed by atoms with Crippen LogP contribution in [0.3, 0.4) is 0 Å². The number of methoxy groups -OCH3 is 2. The fraction of sp³-hybridized carbons (Fsp3) is 0.208. The first kappa shape index (κ1) is 20.8. The fourth-order valence-electron chi connectivity index (χ4n) is 3.61. The van der Waals surface area contributed by atoms with Crippen molar-refractivity contribution < 1.29 is 22.6 Å². The van der Waals surface area contributed by atoms with E-state index in [1.54, 1.807) is 20.3 Å². The second-order valence-corrected chi connectivity index (χ2v) is 7.17. The van der Waals surface area contributed by atoms with E-state index in [2.05, 4.69) is 4.98 Å². The van der Waals surface area contributed by atoms with Gasteiger partial charge < -0.3 is 14.0 Å². The predicted octanol–water partition coefficient (Wildman–Crippen LogP) is 5.71. The Morgan fingerprint density at radius 1 is 0.839 bits per heavy atom. The summed E-state index contributed by atoms with van der Waals surface area (Å²) in [6, 6.07) is 19.0. The number of aromatic nitrogens is 2. The lowest BCUT2D eigenvalue weighted by Crippen LogP contribution is -2.07. The minimum atomic E-state index is -4.42. The maximum Gasteiger partial charge on any atom is 0.416 e. The highest BCUT2D eigenvalue weighted by Gasteiger charge is 2.31. The van der Waals surface area contributed by atoms with E-state index in [4.69, 9.17) is 9.47 Å². The van der Waals surface area contributed by atoms with E-state index in [9.17, 15) is 13.2 Å². The second-order valence-electron chi connectivity index (χ2n) is 7.17. The summed E-state index contributed by atoms with van der Waals surface area (Å²) in [6.45, 7) is 0.505. The van der Waals surface area contributed by atoms with Gasteiger partial charge in [0.05, 0.1) is 30.8 Å². The number of halogens is 3. The van der Waals surface area contributed by atoms with Crippen LogP contribution in [0.2, 0.25) is 0 Å². The quantitative estimate of drug-likeness (QED) is 0.396. The zero-order chi connectivity index (χ0) is 22.0. The highest BCUT2D eigenvalue weighted by Crippen LogP contribution is 2.33. The Morgan fingerprint density at radius 3 is 2.26 bits per heavy atom. The first-order valence-corrected chi connectivity index (χ1v) is 9.70. The molecule has 31 heavy (non-hydrogen) atoms. The lowest BCUT2D eigenvalue weighted by Gasteiger charge is -2.12. The number of alkyl halides is 3. The van der Waals surface area contributed by atoms with Gasteiger partial charge in [0, 0.05) is 13.0 Å². The molecule has 160 valence electrons. The molecule has 4 rings (SSSR count). The van der Waals surface area contributed by atoms with Gasteiger partial charge in [0.25, 0.3) is 0 Å². The molecule has 0 aliphatic heterocycles. The van der Waals surface area contributed by atoms with Crippen LogP contribution in [-0.2, 0) is 19.1 Å². The number of benzene rings is 3. The third-order valence-electron chi connectivity index (χ3n) is 5.15. The molecule has 0 fully saturated rings. The summed E-state index contributed by atoms with van der Waals surface area (Å²) in [6.07, 6.45) is -3.98. The molecular formula is C24H21F3N2O2. The molecule has 4 aromatic rings. The number of fused-ring (bicyclic) bond motifs is 1. The smallest absolute Gasteiger partial charge is 0.416 e. The molecule has 0 unspecified atom stereocenters. The average molecular weight is 426 g/mol. The normalized spacial score (nSPS) is 11.6. The molecule has 0 saturated heterocycles. The Bertz CT molecular complexity index is 1200. The van der Waals surface area contributed by atoms with E-state index in [1.807, 2.05) is 47.0 Å². The molecule has 1 heterocycles. The maximum absolute atomic E-state index is 13.2. The van der Waals surface area contributed by atoms with Crippen molar-refractivity contribution in [2.45, 2.75) is 19.1 Å². The molecule has 0 N–H and O–H groups in total. The molecule has 4 nitrogen and oxygen atoms in total. The number of hydrogen-bond acceptors (Lipinski definition) is 3. The van der Waals surface area contributed by atoms with Gasteiger partial charge in [-0.1, -0.05) is 36.4 Å². The lowest BCUT2D eigenvalue weighted by molar-refractivity contribution is -0.137. The van der Waals surface area contributed by atoms with Crippen molar-refractivity contribution in [3.05, 3.63) is 89.2 Å². The van der Waals surface area contributed by atoms with Crippen LogP contribution in [-0.4, -0.2) is 23.8 Å². The molecule has 0 aliphatic rings. The van der Waals surface area contributed by atoms with Crippen molar-refractivity contribution in [1.29, 1.82) is 0 Å². The Labute approximate surface area is 177 Å². The predicted molar refractivity (Wildman–Crippen MR) is 113 cm³/mol. The van der Waals surface area contributed by atoms with Crippen LogP contribution < -0.4 is 9.47 Å². The molecule has 7 heteroatoms. The van der Waals surface area contributed by atoms with Gasteiger partial charge in [-0.3, -0.25) is 0 Å². The summed E-state index contributed by atoms with van der Waals surface area (Å²) in [5.74, 6) is 1.87. The number of hydrogen-bond donors (Lipinski definition) is 0. The van der Waals surface area contributed by atoms with Gasteiger partial charge in [-0.25, -0.2) is 4.98 Å². The third kappa shape index (κ3) is 4.35. The van der Waals surface area contributed by atoms with Crippen LogP contribution in [0.5, 0.6) is 11.5 Å². The van der Waals surface area contributed by atoms with Gasteiger partial charge in [0.1, 0.15) is 5.82 Å². The number of ether oxygens (including phenoxy) is 2. The molecular weight excluding hydrogens is 405 g/mol. The summed E-state index contributed by atoms with van der Waals surface area (Å²) in [5, 5.41) is 0. The van der Waals surface area contributed by atoms with Crippen molar-refractivity contribution in [3.63, 3.8) is 0 Å². The summed E-state index contributed by atoms with van der Waals surface area (Å²) < 4.78 is 52.3. The van der Waals surface area contributed by atoms with Crippen molar-refractivity contribution in [3.8, 4) is 11.5 Å². The summed E-state index contributed by atoms with van der Waals surface area (Å²) >= 11 is 0. The molecule has 1 aromatic heterocycles. The third-order valence-corrected chi connectivity index (χ3v) is 5.15. The highest BCUT2D eigenvalue weighted by molar-refractivity contribution is 5.77. The van der Waals surface area contributed by atoms with Gasteiger partial charge in [-0.15, -0.1) is 0 Å². The highest BCUT2D eigenvalue weighted by atomic mass is 19.4. The second kappa shape index (κ2) is 8.34. The van der Waals surface area contributed by atoms with E-state index in [1.165, 1.54) is 6.07 Å². The van der Waals surface area contributed by atoms with Crippen LogP contribution in [0.25, 0.3) is 11.0 Å². The largest absolute Gasteiger partial charge is 0.493 e. The van der Waals surface area contributed by atoms with Gasteiger partial charge in [-0.2, -0.15) is 13.2 Å². The minimum Gasteiger partial charge on any atom is -0.493 e. The lowest BCUT2D eigenvalue weighted by atomic mass is 10.1. The van der Waals surface area contributed by atoms with Crippen LogP contribution in [0.4, 0.5) is 13.2 Å². The fourth-order valence-corrected chi connectivity index (χ4v) is 3.61. The summed E-state index contributed by atoms with van der Waals surface area (Å²) in [7, 11) is 3.12. The van der Waals surface area contributed by atoms with Gasteiger partial charge >= 0.3 is 6.18 Å². The molecule has 0 amide bonds. The van der Waals surface area contributed by atoms with Crippen LogP contribution in [0, 0.1) is 0 Å². The zero-order valence-corrected chi connectivity index (χ0v) is 17.1. The van der Waals surface area contributed by atoms with Crippen molar-refractivity contribution in [1.82, 2.24) is 9.55 Å². The molecule has 0 spiro atoms. The van der Waals surface area contributed by atoms with E-state index in [0.29, 0.717) is 41.3 Å². The van der Waals surface area contributed by atoms with E-state index >= 15 is 0 Å². The Morgan fingerprint density at radius 2 is 1.58 bits per heavy atom. The SMILES string of the molecule is COc1ccc(Cc2nc3cc(C(F)(F)F)ccc3n2Cc2ccccc2)cc1OC. The van der Waals surface area contributed by atoms with Crippen molar-refractivity contribution >= 4 is 11.0 Å². The number of rotatable bonds is 6. The summed E-state index contributed by atoms with van der Waals surface area (Å²) in [4.78, 5) is 4.57. The maximum atomic E-state index is 13.2. The standard InChI is InChI=1S/C24H21F3N2O2/c1-30-21-11-8-17(12-22(21)31-2)13-23-28-19-14-18(24(25,26)27)9-10-20(19)29(23)15-16-6-4-3-5-7-16/h3-12,14H,13,15H2,1-2H3.